The van der Waals surface area contributed by atoms with E-state index >= 15 is 0 Å². The van der Waals surface area contributed by atoms with Gasteiger partial charge in [-0.15, -0.1) is 0 Å². The molecule has 0 spiro atoms. The van der Waals surface area contributed by atoms with Crippen LogP contribution in [0.1, 0.15) is 29.8 Å². The lowest BCUT2D eigenvalue weighted by Crippen LogP contribution is -2.51. The fraction of sp³-hybridized carbons (Fsp3) is 0.529. The van der Waals surface area contributed by atoms with Crippen molar-refractivity contribution in [1.82, 2.24) is 9.80 Å². The van der Waals surface area contributed by atoms with Crippen molar-refractivity contribution in [2.75, 3.05) is 33.3 Å². The van der Waals surface area contributed by atoms with Gasteiger partial charge in [-0.1, -0.05) is 19.9 Å². The predicted octanol–water partition coefficient (Wildman–Crippen LogP) is 1.94. The van der Waals surface area contributed by atoms with Gasteiger partial charge in [0, 0.05) is 37.7 Å². The Kier molecular flexibility index (Phi) is 5.06. The average Bonchev–Trinajstić information content (AvgIpc) is 2.54. The minimum atomic E-state index is -0.00468. The Morgan fingerprint density at radius 1 is 1.09 bits per heavy atom. The zero-order chi connectivity index (χ0) is 16.3. The first kappa shape index (κ1) is 16.3. The molecular weight excluding hydrogens is 280 g/mol. The summed E-state index contributed by atoms with van der Waals surface area (Å²) in [6.07, 6.45) is 0. The molecule has 1 aliphatic heterocycles. The maximum absolute atomic E-state index is 12.6. The molecule has 0 atom stereocenters. The van der Waals surface area contributed by atoms with Crippen molar-refractivity contribution in [2.24, 2.45) is 5.92 Å². The number of carbonyl (C=O) groups excluding carboxylic acids is 2. The fourth-order valence-corrected chi connectivity index (χ4v) is 2.63. The van der Waals surface area contributed by atoms with E-state index in [4.69, 9.17) is 4.74 Å². The molecule has 2 amide bonds. The van der Waals surface area contributed by atoms with Gasteiger partial charge in [0.2, 0.25) is 5.91 Å². The topological polar surface area (TPSA) is 49.9 Å². The summed E-state index contributed by atoms with van der Waals surface area (Å²) < 4.78 is 5.27. The molecule has 0 aliphatic carbocycles. The molecule has 2 rings (SSSR count). The lowest BCUT2D eigenvalue weighted by atomic mass is 10.1. The SMILES string of the molecule is COc1cc(C(=O)N2CCN(C(=O)C(C)C)CC2)ccc1C. The summed E-state index contributed by atoms with van der Waals surface area (Å²) in [4.78, 5) is 28.2. The number of rotatable bonds is 3. The third-order valence-corrected chi connectivity index (χ3v) is 4.03. The molecule has 0 N–H and O–H groups in total. The first-order valence-electron chi connectivity index (χ1n) is 7.66. The summed E-state index contributed by atoms with van der Waals surface area (Å²) in [7, 11) is 1.60. The van der Waals surface area contributed by atoms with Gasteiger partial charge in [0.05, 0.1) is 7.11 Å². The normalized spacial score (nSPS) is 15.1. The second-order valence-electron chi connectivity index (χ2n) is 5.96. The highest BCUT2D eigenvalue weighted by Gasteiger charge is 2.26. The lowest BCUT2D eigenvalue weighted by Gasteiger charge is -2.35. The van der Waals surface area contributed by atoms with Gasteiger partial charge in [-0.2, -0.15) is 0 Å². The first-order valence-corrected chi connectivity index (χ1v) is 7.66. The Balaban J connectivity index is 2.02. The van der Waals surface area contributed by atoms with Crippen LogP contribution in [0.4, 0.5) is 0 Å². The maximum atomic E-state index is 12.6. The molecule has 1 aromatic carbocycles. The van der Waals surface area contributed by atoms with Crippen molar-refractivity contribution in [1.29, 1.82) is 0 Å². The van der Waals surface area contributed by atoms with Crippen LogP contribution in [0.2, 0.25) is 0 Å². The molecule has 0 aromatic heterocycles. The van der Waals surface area contributed by atoms with Gasteiger partial charge in [0.15, 0.2) is 0 Å². The fourth-order valence-electron chi connectivity index (χ4n) is 2.63. The number of hydrogen-bond acceptors (Lipinski definition) is 3. The van der Waals surface area contributed by atoms with Crippen molar-refractivity contribution in [3.05, 3.63) is 29.3 Å². The summed E-state index contributed by atoms with van der Waals surface area (Å²) in [5, 5.41) is 0. The van der Waals surface area contributed by atoms with Crippen LogP contribution in [0.25, 0.3) is 0 Å². The summed E-state index contributed by atoms with van der Waals surface area (Å²) in [6.45, 7) is 8.11. The highest BCUT2D eigenvalue weighted by Crippen LogP contribution is 2.20. The van der Waals surface area contributed by atoms with Crippen molar-refractivity contribution < 1.29 is 14.3 Å². The van der Waals surface area contributed by atoms with Crippen molar-refractivity contribution >= 4 is 11.8 Å². The molecule has 1 fully saturated rings. The molecule has 0 saturated carbocycles. The van der Waals surface area contributed by atoms with Crippen LogP contribution in [0, 0.1) is 12.8 Å². The van der Waals surface area contributed by atoms with Crippen LogP contribution in [-0.4, -0.2) is 54.9 Å². The van der Waals surface area contributed by atoms with Gasteiger partial charge in [-0.25, -0.2) is 0 Å². The zero-order valence-corrected chi connectivity index (χ0v) is 13.8. The summed E-state index contributed by atoms with van der Waals surface area (Å²) in [5.41, 5.74) is 1.64. The van der Waals surface area contributed by atoms with Crippen LogP contribution in [0.5, 0.6) is 5.75 Å². The van der Waals surface area contributed by atoms with Crippen LogP contribution in [-0.2, 0) is 4.79 Å². The third-order valence-electron chi connectivity index (χ3n) is 4.03. The third kappa shape index (κ3) is 3.40. The molecule has 22 heavy (non-hydrogen) atoms. The average molecular weight is 304 g/mol. The highest BCUT2D eigenvalue weighted by molar-refractivity contribution is 5.95. The molecule has 5 nitrogen and oxygen atoms in total. The number of nitrogens with zero attached hydrogens (tertiary/aromatic N) is 2. The maximum Gasteiger partial charge on any atom is 0.254 e. The van der Waals surface area contributed by atoms with Crippen LogP contribution in [0.3, 0.4) is 0 Å². The van der Waals surface area contributed by atoms with E-state index in [-0.39, 0.29) is 17.7 Å². The molecule has 0 unspecified atom stereocenters. The monoisotopic (exact) mass is 304 g/mol. The Hall–Kier alpha value is -2.04. The number of benzene rings is 1. The quantitative estimate of drug-likeness (QED) is 0.857. The number of aryl methyl sites for hydroxylation is 1. The van der Waals surface area contributed by atoms with Gasteiger partial charge >= 0.3 is 0 Å². The molecule has 0 bridgehead atoms. The molecular formula is C17H24N2O3. The summed E-state index contributed by atoms with van der Waals surface area (Å²) in [5.74, 6) is 0.877. The summed E-state index contributed by atoms with van der Waals surface area (Å²) >= 11 is 0. The van der Waals surface area contributed by atoms with Crippen molar-refractivity contribution in [2.45, 2.75) is 20.8 Å². The van der Waals surface area contributed by atoms with Gasteiger partial charge < -0.3 is 14.5 Å². The Labute approximate surface area is 131 Å². The van der Waals surface area contributed by atoms with E-state index in [1.807, 2.05) is 37.8 Å². The largest absolute Gasteiger partial charge is 0.496 e. The second kappa shape index (κ2) is 6.81. The Morgan fingerprint density at radius 3 is 2.23 bits per heavy atom. The number of carbonyl (C=O) groups is 2. The molecule has 1 aliphatic rings. The Bertz CT molecular complexity index is 561. The zero-order valence-electron chi connectivity index (χ0n) is 13.8. The van der Waals surface area contributed by atoms with Crippen LogP contribution in [0.15, 0.2) is 18.2 Å². The molecule has 5 heteroatoms. The van der Waals surface area contributed by atoms with E-state index in [0.29, 0.717) is 31.7 Å². The van der Waals surface area contributed by atoms with Crippen molar-refractivity contribution in [3.8, 4) is 5.75 Å². The molecule has 1 heterocycles. The predicted molar refractivity (Wildman–Crippen MR) is 85.1 cm³/mol. The molecule has 120 valence electrons. The summed E-state index contributed by atoms with van der Waals surface area (Å²) in [6, 6.07) is 5.50. The van der Waals surface area contributed by atoms with Crippen LogP contribution >= 0.6 is 0 Å². The number of piperazine rings is 1. The minimum absolute atomic E-state index is 0.00334. The molecule has 1 saturated heterocycles. The van der Waals surface area contributed by atoms with E-state index < -0.39 is 0 Å². The standard InChI is InChI=1S/C17H24N2O3/c1-12(2)16(20)18-7-9-19(10-8-18)17(21)14-6-5-13(3)15(11-14)22-4/h5-6,11-12H,7-10H2,1-4H3. The van der Waals surface area contributed by atoms with E-state index in [2.05, 4.69) is 0 Å². The number of ether oxygens (including phenoxy) is 1. The smallest absolute Gasteiger partial charge is 0.254 e. The van der Waals surface area contributed by atoms with Gasteiger partial charge in [-0.05, 0) is 24.6 Å². The van der Waals surface area contributed by atoms with Gasteiger partial charge in [-0.3, -0.25) is 9.59 Å². The minimum Gasteiger partial charge on any atom is -0.496 e. The molecule has 1 aromatic rings. The second-order valence-corrected chi connectivity index (χ2v) is 5.96. The first-order chi connectivity index (χ1) is 10.4. The van der Waals surface area contributed by atoms with E-state index in [1.165, 1.54) is 0 Å². The van der Waals surface area contributed by atoms with Crippen molar-refractivity contribution in [3.63, 3.8) is 0 Å². The Morgan fingerprint density at radius 2 is 1.68 bits per heavy atom. The van der Waals surface area contributed by atoms with Gasteiger partial charge in [0.25, 0.3) is 5.91 Å². The number of methoxy groups -OCH3 is 1. The highest BCUT2D eigenvalue weighted by atomic mass is 16.5. The van der Waals surface area contributed by atoms with E-state index in [0.717, 1.165) is 11.3 Å². The van der Waals surface area contributed by atoms with E-state index in [1.54, 1.807) is 18.1 Å². The van der Waals surface area contributed by atoms with E-state index in [9.17, 15) is 9.59 Å². The number of amides is 2. The lowest BCUT2D eigenvalue weighted by molar-refractivity contribution is -0.135. The number of hydrogen-bond donors (Lipinski definition) is 0. The van der Waals surface area contributed by atoms with Crippen LogP contribution < -0.4 is 4.74 Å². The molecule has 0 radical (unpaired) electrons. The van der Waals surface area contributed by atoms with Gasteiger partial charge in [0.1, 0.15) is 5.75 Å².